The second-order valence-corrected chi connectivity index (χ2v) is 7.08. The van der Waals surface area contributed by atoms with Crippen molar-refractivity contribution >= 4 is 23.4 Å². The lowest BCUT2D eigenvalue weighted by atomic mass is 10.1. The van der Waals surface area contributed by atoms with E-state index in [4.69, 9.17) is 11.6 Å². The molecule has 0 unspecified atom stereocenters. The molecule has 0 spiro atoms. The molecule has 2 rings (SSSR count). The van der Waals surface area contributed by atoms with E-state index < -0.39 is 6.04 Å². The van der Waals surface area contributed by atoms with Crippen LogP contribution in [0.15, 0.2) is 48.5 Å². The molecule has 0 aliphatic carbocycles. The Morgan fingerprint density at radius 3 is 2.21 bits per heavy atom. The van der Waals surface area contributed by atoms with Gasteiger partial charge in [0.1, 0.15) is 6.04 Å². The van der Waals surface area contributed by atoms with Crippen molar-refractivity contribution in [2.24, 2.45) is 0 Å². The van der Waals surface area contributed by atoms with Gasteiger partial charge in [0.2, 0.25) is 5.91 Å². The standard InChI is InChI=1S/C22H28ClN3O2/c1-4-26(5-2)15-18-12-10-17(11-13-18)14-24-21(27)16(3)25-22(28)19-8-6-7-9-20(19)23/h6-13,16H,4-5,14-15H2,1-3H3,(H,24,27)(H,25,28)/t16-/m0/s1. The number of amides is 2. The van der Waals surface area contributed by atoms with E-state index in [-0.39, 0.29) is 11.8 Å². The summed E-state index contributed by atoms with van der Waals surface area (Å²) in [5.74, 6) is -0.610. The van der Waals surface area contributed by atoms with Gasteiger partial charge in [-0.1, -0.05) is 61.8 Å². The van der Waals surface area contributed by atoms with Gasteiger partial charge in [0.15, 0.2) is 0 Å². The first-order valence-electron chi connectivity index (χ1n) is 9.57. The number of rotatable bonds is 9. The van der Waals surface area contributed by atoms with Crippen LogP contribution in [0.4, 0.5) is 0 Å². The third kappa shape index (κ3) is 6.36. The Morgan fingerprint density at radius 1 is 1.00 bits per heavy atom. The summed E-state index contributed by atoms with van der Waals surface area (Å²) in [4.78, 5) is 26.9. The zero-order chi connectivity index (χ0) is 20.5. The molecule has 0 fully saturated rings. The molecule has 1 atom stereocenters. The average molecular weight is 402 g/mol. The van der Waals surface area contributed by atoms with Crippen LogP contribution in [0.1, 0.15) is 42.3 Å². The van der Waals surface area contributed by atoms with Crippen molar-refractivity contribution in [2.45, 2.75) is 39.9 Å². The largest absolute Gasteiger partial charge is 0.350 e. The Balaban J connectivity index is 1.84. The molecule has 5 nitrogen and oxygen atoms in total. The van der Waals surface area contributed by atoms with Gasteiger partial charge in [0, 0.05) is 13.1 Å². The maximum absolute atomic E-state index is 12.3. The Labute approximate surface area is 172 Å². The molecule has 150 valence electrons. The van der Waals surface area contributed by atoms with Crippen LogP contribution in [0.5, 0.6) is 0 Å². The molecular formula is C22H28ClN3O2. The number of benzene rings is 2. The topological polar surface area (TPSA) is 61.4 Å². The minimum Gasteiger partial charge on any atom is -0.350 e. The maximum atomic E-state index is 12.3. The van der Waals surface area contributed by atoms with Crippen LogP contribution in [0.25, 0.3) is 0 Å². The van der Waals surface area contributed by atoms with Crippen LogP contribution in [0.2, 0.25) is 5.02 Å². The Bertz CT molecular complexity index is 789. The Morgan fingerprint density at radius 2 is 1.61 bits per heavy atom. The van der Waals surface area contributed by atoms with Gasteiger partial charge in [-0.25, -0.2) is 0 Å². The molecule has 0 heterocycles. The number of carbonyl (C=O) groups is 2. The Hall–Kier alpha value is -2.37. The molecule has 0 radical (unpaired) electrons. The normalized spacial score (nSPS) is 11.9. The summed E-state index contributed by atoms with van der Waals surface area (Å²) in [6.07, 6.45) is 0. The second kappa shape index (κ2) is 10.8. The van der Waals surface area contributed by atoms with E-state index in [0.29, 0.717) is 17.1 Å². The number of nitrogens with zero attached hydrogens (tertiary/aromatic N) is 1. The van der Waals surface area contributed by atoms with Gasteiger partial charge in [-0.05, 0) is 43.3 Å². The van der Waals surface area contributed by atoms with Crippen LogP contribution in [-0.2, 0) is 17.9 Å². The summed E-state index contributed by atoms with van der Waals surface area (Å²) in [5.41, 5.74) is 2.62. The van der Waals surface area contributed by atoms with Gasteiger partial charge >= 0.3 is 0 Å². The molecule has 0 aliphatic heterocycles. The van der Waals surface area contributed by atoms with E-state index in [2.05, 4.69) is 41.5 Å². The van der Waals surface area contributed by atoms with Crippen LogP contribution in [0.3, 0.4) is 0 Å². The van der Waals surface area contributed by atoms with Crippen LogP contribution in [-0.4, -0.2) is 35.8 Å². The third-order valence-electron chi connectivity index (χ3n) is 4.65. The first-order valence-corrected chi connectivity index (χ1v) is 9.95. The molecule has 28 heavy (non-hydrogen) atoms. The molecule has 0 saturated heterocycles. The van der Waals surface area contributed by atoms with Gasteiger partial charge in [0.25, 0.3) is 5.91 Å². The summed E-state index contributed by atoms with van der Waals surface area (Å²) in [6, 6.07) is 14.3. The zero-order valence-corrected chi connectivity index (χ0v) is 17.4. The van der Waals surface area contributed by atoms with E-state index >= 15 is 0 Å². The van der Waals surface area contributed by atoms with E-state index in [1.807, 2.05) is 12.1 Å². The van der Waals surface area contributed by atoms with Crippen molar-refractivity contribution in [1.29, 1.82) is 0 Å². The number of nitrogens with one attached hydrogen (secondary N) is 2. The fraction of sp³-hybridized carbons (Fsp3) is 0.364. The quantitative estimate of drug-likeness (QED) is 0.674. The predicted molar refractivity (Wildman–Crippen MR) is 113 cm³/mol. The van der Waals surface area contributed by atoms with Crippen molar-refractivity contribution in [3.63, 3.8) is 0 Å². The van der Waals surface area contributed by atoms with Crippen molar-refractivity contribution in [1.82, 2.24) is 15.5 Å². The first-order chi connectivity index (χ1) is 13.4. The highest BCUT2D eigenvalue weighted by molar-refractivity contribution is 6.33. The van der Waals surface area contributed by atoms with E-state index in [0.717, 1.165) is 25.2 Å². The number of hydrogen-bond acceptors (Lipinski definition) is 3. The fourth-order valence-electron chi connectivity index (χ4n) is 2.80. The number of carbonyl (C=O) groups excluding carboxylic acids is 2. The summed E-state index contributed by atoms with van der Waals surface area (Å²) < 4.78 is 0. The van der Waals surface area contributed by atoms with Crippen molar-refractivity contribution < 1.29 is 9.59 Å². The summed E-state index contributed by atoms with van der Waals surface area (Å²) in [7, 11) is 0. The molecule has 2 aromatic carbocycles. The molecule has 2 aromatic rings. The number of halogens is 1. The lowest BCUT2D eigenvalue weighted by Gasteiger charge is -2.18. The minimum atomic E-state index is -0.661. The average Bonchev–Trinajstić information content (AvgIpc) is 2.71. The molecule has 0 saturated carbocycles. The Kier molecular flexibility index (Phi) is 8.48. The first kappa shape index (κ1) is 21.9. The zero-order valence-electron chi connectivity index (χ0n) is 16.7. The van der Waals surface area contributed by atoms with E-state index in [9.17, 15) is 9.59 Å². The summed E-state index contributed by atoms with van der Waals surface area (Å²) in [5, 5.41) is 5.89. The molecule has 6 heteroatoms. The van der Waals surface area contributed by atoms with Crippen molar-refractivity contribution in [2.75, 3.05) is 13.1 Å². The van der Waals surface area contributed by atoms with Gasteiger partial charge in [-0.3, -0.25) is 14.5 Å². The lowest BCUT2D eigenvalue weighted by Crippen LogP contribution is -2.44. The maximum Gasteiger partial charge on any atom is 0.253 e. The van der Waals surface area contributed by atoms with E-state index in [1.54, 1.807) is 31.2 Å². The monoisotopic (exact) mass is 401 g/mol. The smallest absolute Gasteiger partial charge is 0.253 e. The van der Waals surface area contributed by atoms with Crippen LogP contribution >= 0.6 is 11.6 Å². The van der Waals surface area contributed by atoms with Crippen molar-refractivity contribution in [3.8, 4) is 0 Å². The number of hydrogen-bond donors (Lipinski definition) is 2. The predicted octanol–water partition coefficient (Wildman–Crippen LogP) is 3.62. The third-order valence-corrected chi connectivity index (χ3v) is 4.98. The summed E-state index contributed by atoms with van der Waals surface area (Å²) in [6.45, 7) is 9.33. The summed E-state index contributed by atoms with van der Waals surface area (Å²) >= 11 is 6.02. The fourth-order valence-corrected chi connectivity index (χ4v) is 3.02. The van der Waals surface area contributed by atoms with Gasteiger partial charge in [-0.2, -0.15) is 0 Å². The lowest BCUT2D eigenvalue weighted by molar-refractivity contribution is -0.122. The van der Waals surface area contributed by atoms with E-state index in [1.165, 1.54) is 5.56 Å². The molecule has 0 bridgehead atoms. The molecule has 2 amide bonds. The highest BCUT2D eigenvalue weighted by Gasteiger charge is 2.17. The molecule has 2 N–H and O–H groups in total. The van der Waals surface area contributed by atoms with Crippen LogP contribution < -0.4 is 10.6 Å². The molecule has 0 aromatic heterocycles. The highest BCUT2D eigenvalue weighted by atomic mass is 35.5. The SMILES string of the molecule is CCN(CC)Cc1ccc(CNC(=O)[C@H](C)NC(=O)c2ccccc2Cl)cc1. The molecular weight excluding hydrogens is 374 g/mol. The molecule has 0 aliphatic rings. The van der Waals surface area contributed by atoms with Crippen LogP contribution in [0, 0.1) is 0 Å². The van der Waals surface area contributed by atoms with Crippen molar-refractivity contribution in [3.05, 3.63) is 70.2 Å². The second-order valence-electron chi connectivity index (χ2n) is 6.67. The van der Waals surface area contributed by atoms with Gasteiger partial charge < -0.3 is 10.6 Å². The highest BCUT2D eigenvalue weighted by Crippen LogP contribution is 2.14. The van der Waals surface area contributed by atoms with Gasteiger partial charge in [0.05, 0.1) is 10.6 Å². The minimum absolute atomic E-state index is 0.243. The van der Waals surface area contributed by atoms with Gasteiger partial charge in [-0.15, -0.1) is 0 Å².